The first kappa shape index (κ1) is 15.7. The van der Waals surface area contributed by atoms with E-state index in [4.69, 9.17) is 5.73 Å². The van der Waals surface area contributed by atoms with Crippen molar-refractivity contribution >= 4 is 23.0 Å². The standard InChI is InChI=1S/C13H20N4O3/c1-4-8-16(9-12(18)15(2)3)11-7-5-6-10(14)13(11)17(19)20/h5-7H,4,8-9,14H2,1-3H3. The summed E-state index contributed by atoms with van der Waals surface area (Å²) in [5.41, 5.74) is 6.02. The molecule has 0 heterocycles. The molecule has 20 heavy (non-hydrogen) atoms. The largest absolute Gasteiger partial charge is 0.393 e. The van der Waals surface area contributed by atoms with E-state index in [0.717, 1.165) is 6.42 Å². The highest BCUT2D eigenvalue weighted by atomic mass is 16.6. The third-order valence-corrected chi connectivity index (χ3v) is 2.89. The van der Waals surface area contributed by atoms with Crippen LogP contribution in [0.1, 0.15) is 13.3 Å². The second kappa shape index (κ2) is 6.74. The van der Waals surface area contributed by atoms with E-state index < -0.39 is 4.92 Å². The summed E-state index contributed by atoms with van der Waals surface area (Å²) in [7, 11) is 3.31. The number of para-hydroxylation sites is 1. The number of nitrogen functional groups attached to an aromatic ring is 1. The molecule has 0 bridgehead atoms. The minimum Gasteiger partial charge on any atom is -0.393 e. The fraction of sp³-hybridized carbons (Fsp3) is 0.462. The van der Waals surface area contributed by atoms with E-state index in [2.05, 4.69) is 0 Å². The Hall–Kier alpha value is -2.31. The maximum atomic E-state index is 11.9. The molecule has 0 aliphatic carbocycles. The van der Waals surface area contributed by atoms with Crippen molar-refractivity contribution in [3.63, 3.8) is 0 Å². The third-order valence-electron chi connectivity index (χ3n) is 2.89. The quantitative estimate of drug-likeness (QED) is 0.484. The number of benzene rings is 1. The van der Waals surface area contributed by atoms with Crippen LogP contribution >= 0.6 is 0 Å². The van der Waals surface area contributed by atoms with Crippen molar-refractivity contribution in [3.05, 3.63) is 28.3 Å². The average Bonchev–Trinajstić information content (AvgIpc) is 2.37. The Morgan fingerprint density at radius 1 is 1.40 bits per heavy atom. The number of rotatable bonds is 6. The smallest absolute Gasteiger partial charge is 0.315 e. The van der Waals surface area contributed by atoms with Crippen molar-refractivity contribution in [3.8, 4) is 0 Å². The molecule has 0 saturated heterocycles. The van der Waals surface area contributed by atoms with Gasteiger partial charge in [-0.2, -0.15) is 0 Å². The van der Waals surface area contributed by atoms with Crippen molar-refractivity contribution in [1.29, 1.82) is 0 Å². The van der Waals surface area contributed by atoms with Crippen molar-refractivity contribution in [2.75, 3.05) is 37.8 Å². The van der Waals surface area contributed by atoms with Crippen LogP contribution < -0.4 is 10.6 Å². The molecule has 7 nitrogen and oxygen atoms in total. The number of anilines is 2. The van der Waals surface area contributed by atoms with E-state index in [1.165, 1.54) is 11.0 Å². The van der Waals surface area contributed by atoms with Crippen molar-refractivity contribution < 1.29 is 9.72 Å². The van der Waals surface area contributed by atoms with Gasteiger partial charge in [-0.3, -0.25) is 14.9 Å². The molecular formula is C13H20N4O3. The summed E-state index contributed by atoms with van der Waals surface area (Å²) in [5, 5.41) is 11.2. The molecule has 2 N–H and O–H groups in total. The molecule has 1 amide bonds. The second-order valence-electron chi connectivity index (χ2n) is 4.68. The normalized spacial score (nSPS) is 10.2. The van der Waals surface area contributed by atoms with Gasteiger partial charge >= 0.3 is 5.69 Å². The molecule has 7 heteroatoms. The van der Waals surface area contributed by atoms with Crippen LogP contribution in [0.4, 0.5) is 17.1 Å². The van der Waals surface area contributed by atoms with Gasteiger partial charge in [-0.05, 0) is 18.6 Å². The van der Waals surface area contributed by atoms with Crippen molar-refractivity contribution in [2.24, 2.45) is 0 Å². The van der Waals surface area contributed by atoms with E-state index in [-0.39, 0.29) is 23.8 Å². The number of carbonyl (C=O) groups excluding carboxylic acids is 1. The topological polar surface area (TPSA) is 92.7 Å². The Balaban J connectivity index is 3.18. The van der Waals surface area contributed by atoms with Crippen LogP contribution in [0.25, 0.3) is 0 Å². The second-order valence-corrected chi connectivity index (χ2v) is 4.68. The number of carbonyl (C=O) groups is 1. The number of hydrogen-bond donors (Lipinski definition) is 1. The first-order chi connectivity index (χ1) is 9.38. The number of nitrogens with zero attached hydrogens (tertiary/aromatic N) is 3. The molecular weight excluding hydrogens is 260 g/mol. The predicted molar refractivity (Wildman–Crippen MR) is 78.7 cm³/mol. The number of amides is 1. The highest BCUT2D eigenvalue weighted by Gasteiger charge is 2.23. The van der Waals surface area contributed by atoms with Gasteiger partial charge in [0, 0.05) is 20.6 Å². The monoisotopic (exact) mass is 280 g/mol. The van der Waals surface area contributed by atoms with Gasteiger partial charge in [-0.1, -0.05) is 13.0 Å². The highest BCUT2D eigenvalue weighted by molar-refractivity contribution is 5.84. The third kappa shape index (κ3) is 3.59. The fourth-order valence-electron chi connectivity index (χ4n) is 1.86. The summed E-state index contributed by atoms with van der Waals surface area (Å²) >= 11 is 0. The molecule has 110 valence electrons. The molecule has 0 spiro atoms. The number of likely N-dealkylation sites (N-methyl/N-ethyl adjacent to an activating group) is 1. The molecule has 0 aliphatic rings. The molecule has 1 rings (SSSR count). The molecule has 0 radical (unpaired) electrons. The van der Waals surface area contributed by atoms with Crippen LogP contribution in [0, 0.1) is 10.1 Å². The highest BCUT2D eigenvalue weighted by Crippen LogP contribution is 2.33. The number of hydrogen-bond acceptors (Lipinski definition) is 5. The van der Waals surface area contributed by atoms with Gasteiger partial charge in [-0.25, -0.2) is 0 Å². The van der Waals surface area contributed by atoms with E-state index in [1.54, 1.807) is 31.1 Å². The van der Waals surface area contributed by atoms with Gasteiger partial charge < -0.3 is 15.5 Å². The maximum Gasteiger partial charge on any atom is 0.315 e. The first-order valence-corrected chi connectivity index (χ1v) is 6.36. The Morgan fingerprint density at radius 2 is 2.05 bits per heavy atom. The summed E-state index contributed by atoms with van der Waals surface area (Å²) < 4.78 is 0. The van der Waals surface area contributed by atoms with Crippen molar-refractivity contribution in [1.82, 2.24) is 4.90 Å². The predicted octanol–water partition coefficient (Wildman–Crippen LogP) is 1.48. The molecule has 0 saturated carbocycles. The van der Waals surface area contributed by atoms with Crippen LogP contribution in [0.3, 0.4) is 0 Å². The Labute approximate surface area is 118 Å². The summed E-state index contributed by atoms with van der Waals surface area (Å²) in [5.74, 6) is -0.116. The lowest BCUT2D eigenvalue weighted by Crippen LogP contribution is -2.37. The van der Waals surface area contributed by atoms with Gasteiger partial charge in [0.15, 0.2) is 0 Å². The first-order valence-electron chi connectivity index (χ1n) is 6.36. The molecule has 0 aromatic heterocycles. The number of nitro groups is 1. The van der Waals surface area contributed by atoms with Crippen LogP contribution in [-0.4, -0.2) is 42.9 Å². The van der Waals surface area contributed by atoms with Crippen molar-refractivity contribution in [2.45, 2.75) is 13.3 Å². The maximum absolute atomic E-state index is 11.9. The zero-order valence-corrected chi connectivity index (χ0v) is 12.0. The van der Waals surface area contributed by atoms with Gasteiger partial charge in [-0.15, -0.1) is 0 Å². The minimum atomic E-state index is -0.506. The molecule has 1 aromatic rings. The fourth-order valence-corrected chi connectivity index (χ4v) is 1.86. The van der Waals surface area contributed by atoms with Crippen LogP contribution in [0.5, 0.6) is 0 Å². The Kier molecular flexibility index (Phi) is 5.31. The van der Waals surface area contributed by atoms with Crippen LogP contribution in [0.15, 0.2) is 18.2 Å². The van der Waals surface area contributed by atoms with E-state index in [0.29, 0.717) is 12.2 Å². The summed E-state index contributed by atoms with van der Waals surface area (Å²) in [6.45, 7) is 2.58. The SMILES string of the molecule is CCCN(CC(=O)N(C)C)c1cccc(N)c1[N+](=O)[O-]. The number of nitro benzene ring substituents is 1. The minimum absolute atomic E-state index is 0.0884. The van der Waals surface area contributed by atoms with E-state index in [9.17, 15) is 14.9 Å². The Morgan fingerprint density at radius 3 is 2.55 bits per heavy atom. The lowest BCUT2D eigenvalue weighted by atomic mass is 10.2. The Bertz CT molecular complexity index is 502. The lowest BCUT2D eigenvalue weighted by molar-refractivity contribution is -0.383. The molecule has 0 atom stereocenters. The van der Waals surface area contributed by atoms with E-state index >= 15 is 0 Å². The molecule has 0 aliphatic heterocycles. The van der Waals surface area contributed by atoms with Gasteiger partial charge in [0.25, 0.3) is 0 Å². The van der Waals surface area contributed by atoms with E-state index in [1.807, 2.05) is 6.92 Å². The van der Waals surface area contributed by atoms with Gasteiger partial charge in [0.1, 0.15) is 11.4 Å². The average molecular weight is 280 g/mol. The number of nitrogens with two attached hydrogens (primary N) is 1. The zero-order valence-electron chi connectivity index (χ0n) is 12.0. The molecule has 0 unspecified atom stereocenters. The summed E-state index contributed by atoms with van der Waals surface area (Å²) in [6, 6.07) is 4.76. The van der Waals surface area contributed by atoms with Crippen LogP contribution in [0.2, 0.25) is 0 Å². The molecule has 0 fully saturated rings. The lowest BCUT2D eigenvalue weighted by Gasteiger charge is -2.25. The van der Waals surface area contributed by atoms with Gasteiger partial charge in [0.2, 0.25) is 5.91 Å². The van der Waals surface area contributed by atoms with Crippen LogP contribution in [-0.2, 0) is 4.79 Å². The summed E-state index contributed by atoms with van der Waals surface area (Å²) in [4.78, 5) is 25.7. The zero-order chi connectivity index (χ0) is 15.3. The summed E-state index contributed by atoms with van der Waals surface area (Å²) in [6.07, 6.45) is 0.770. The van der Waals surface area contributed by atoms with Gasteiger partial charge in [0.05, 0.1) is 11.5 Å². The molecule has 1 aromatic carbocycles.